The quantitative estimate of drug-likeness (QED) is 0.287. The number of para-hydroxylation sites is 2. The van der Waals surface area contributed by atoms with Gasteiger partial charge in [-0.15, -0.1) is 0 Å². The number of carbonyl (C=O) groups is 4. The number of benzene rings is 2. The lowest BCUT2D eigenvalue weighted by atomic mass is 9.52. The number of hydrogen-bond donors (Lipinski definition) is 5. The fraction of sp³-hybridized carbons (Fsp3) is 0.500. The number of nitrogens with one attached hydrogen (secondary N) is 2. The molecule has 19 heteroatoms. The summed E-state index contributed by atoms with van der Waals surface area (Å²) in [7, 11) is 10.3. The number of amides is 4. The minimum atomic E-state index is -1.89. The summed E-state index contributed by atoms with van der Waals surface area (Å²) >= 11 is 0. The lowest BCUT2D eigenvalue weighted by molar-refractivity contribution is -0.169. The van der Waals surface area contributed by atoms with Gasteiger partial charge in [0.1, 0.15) is 24.5 Å². The highest BCUT2D eigenvalue weighted by Gasteiger charge is 2.92. The molecule has 12 rings (SSSR count). The van der Waals surface area contributed by atoms with Crippen molar-refractivity contribution < 1.29 is 34.5 Å². The molecule has 0 radical (unpaired) electrons. The number of rotatable bonds is 3. The lowest BCUT2D eigenvalue weighted by Gasteiger charge is -2.58. The average Bonchev–Trinajstić information content (AvgIpc) is 3.77. The van der Waals surface area contributed by atoms with E-state index in [1.54, 1.807) is 13.1 Å². The molecule has 0 aromatic heterocycles. The van der Waals surface area contributed by atoms with Gasteiger partial charge >= 0.3 is 0 Å². The first-order valence-corrected chi connectivity index (χ1v) is 23.3. The Morgan fingerprint density at radius 2 is 1.18 bits per heavy atom. The number of likely N-dealkylation sites (N-methyl/N-ethyl adjacent to an activating group) is 2. The molecule has 10 atom stereocenters. The summed E-state index contributed by atoms with van der Waals surface area (Å²) in [6, 6.07) is 14.6. The number of hydrogen-bond acceptors (Lipinski definition) is 15. The zero-order valence-electron chi connectivity index (χ0n) is 27.4. The van der Waals surface area contributed by atoms with Crippen LogP contribution in [0.4, 0.5) is 11.4 Å². The van der Waals surface area contributed by atoms with Crippen LogP contribution in [0.1, 0.15) is 25.0 Å². The van der Waals surface area contributed by atoms with E-state index in [1.807, 2.05) is 56.3 Å². The number of anilines is 2. The molecule has 2 aromatic rings. The summed E-state index contributed by atoms with van der Waals surface area (Å²) in [5.41, 5.74) is -1.21. The molecule has 8 saturated heterocycles. The van der Waals surface area contributed by atoms with E-state index < -0.39 is 79.2 Å². The summed E-state index contributed by atoms with van der Waals surface area (Å²) in [5.74, 6) is -2.26. The standard InChI is InChI=1S/C32H32N6O7S6/c1-14(2)30-26(45)38-22-29(16-10-6-8-12-18(16)34-22,20(41)32(38,25(44)36(30)4)49-51-50-48-30)28-15-9-5-7-11-17(15)33-21(28)37-23(42)27(13-39)35(3)24(43)31(37,19(28)40)47-46-27/h5-12,14,19-22,33-34,39-41H,13H2,1-4H3/t19-,20-,21-,22+,27-,28-,29+,30-,31-,32-/m0/s1. The van der Waals surface area contributed by atoms with Gasteiger partial charge in [-0.3, -0.25) is 29.0 Å². The van der Waals surface area contributed by atoms with Gasteiger partial charge in [0, 0.05) is 25.5 Å². The van der Waals surface area contributed by atoms with Crippen LogP contribution < -0.4 is 10.6 Å². The van der Waals surface area contributed by atoms with Gasteiger partial charge in [-0.1, -0.05) is 50.2 Å². The molecule has 5 N–H and O–H groups in total. The van der Waals surface area contributed by atoms with Gasteiger partial charge in [0.2, 0.25) is 14.6 Å². The van der Waals surface area contributed by atoms with E-state index in [-0.39, 0.29) is 11.8 Å². The molecule has 0 unspecified atom stereocenters. The van der Waals surface area contributed by atoms with E-state index in [9.17, 15) is 24.9 Å². The molecule has 0 saturated carbocycles. The summed E-state index contributed by atoms with van der Waals surface area (Å²) in [6.07, 6.45) is -5.63. The number of aliphatic hydroxyl groups excluding tert-OH is 3. The minimum absolute atomic E-state index is 0.330. The maximum atomic E-state index is 15.5. The topological polar surface area (TPSA) is 166 Å². The van der Waals surface area contributed by atoms with Crippen molar-refractivity contribution in [3.05, 3.63) is 59.7 Å². The van der Waals surface area contributed by atoms with Crippen LogP contribution in [0.15, 0.2) is 48.5 Å². The molecule has 8 fully saturated rings. The number of piperazine rings is 2. The molecule has 2 spiro atoms. The van der Waals surface area contributed by atoms with Crippen LogP contribution in [-0.2, 0) is 30.0 Å². The molecule has 4 amide bonds. The van der Waals surface area contributed by atoms with Crippen LogP contribution in [0.25, 0.3) is 0 Å². The van der Waals surface area contributed by atoms with Gasteiger partial charge in [0.15, 0.2) is 4.87 Å². The molecule has 51 heavy (non-hydrogen) atoms. The second-order valence-corrected chi connectivity index (χ2v) is 23.2. The molecule has 10 aliphatic heterocycles. The van der Waals surface area contributed by atoms with Crippen LogP contribution >= 0.6 is 62.8 Å². The third-order valence-corrected chi connectivity index (χ3v) is 23.9. The molecule has 2 aromatic carbocycles. The van der Waals surface area contributed by atoms with E-state index in [1.165, 1.54) is 57.1 Å². The van der Waals surface area contributed by atoms with E-state index >= 15 is 9.59 Å². The Bertz CT molecular complexity index is 2020. The van der Waals surface area contributed by atoms with E-state index in [4.69, 9.17) is 0 Å². The van der Waals surface area contributed by atoms with E-state index in [2.05, 4.69) is 10.6 Å². The predicted octanol–water partition coefficient (Wildman–Crippen LogP) is 2.24. The zero-order valence-corrected chi connectivity index (χ0v) is 32.3. The Kier molecular flexibility index (Phi) is 6.66. The van der Waals surface area contributed by atoms with Crippen molar-refractivity contribution >= 4 is 97.8 Å². The predicted molar refractivity (Wildman–Crippen MR) is 201 cm³/mol. The normalized spacial score (nSPS) is 44.2. The van der Waals surface area contributed by atoms with Crippen LogP contribution in [0.5, 0.6) is 0 Å². The van der Waals surface area contributed by atoms with Gasteiger partial charge in [0.25, 0.3) is 23.6 Å². The lowest BCUT2D eigenvalue weighted by Crippen LogP contribution is -2.79. The number of aliphatic hydroxyl groups is 3. The summed E-state index contributed by atoms with van der Waals surface area (Å²) in [5, 5.41) is 44.9. The average molecular weight is 805 g/mol. The second-order valence-electron chi connectivity index (χ2n) is 14.5. The first-order chi connectivity index (χ1) is 24.3. The smallest absolute Gasteiger partial charge is 0.265 e. The van der Waals surface area contributed by atoms with Crippen LogP contribution in [-0.4, -0.2) is 123 Å². The first-order valence-electron chi connectivity index (χ1n) is 16.3. The Morgan fingerprint density at radius 1 is 0.686 bits per heavy atom. The summed E-state index contributed by atoms with van der Waals surface area (Å²) in [6.45, 7) is 3.14. The molecule has 10 aliphatic rings. The van der Waals surface area contributed by atoms with E-state index in [0.29, 0.717) is 22.5 Å². The van der Waals surface area contributed by atoms with Crippen molar-refractivity contribution in [2.45, 2.75) is 68.7 Å². The molecule has 0 aliphatic carbocycles. The molecule has 13 nitrogen and oxygen atoms in total. The molecular weight excluding hydrogens is 773 g/mol. The second kappa shape index (κ2) is 10.1. The first kappa shape index (κ1) is 33.5. The maximum Gasteiger partial charge on any atom is 0.265 e. The van der Waals surface area contributed by atoms with Gasteiger partial charge in [-0.25, -0.2) is 0 Å². The number of carbonyl (C=O) groups excluding carboxylic acids is 4. The van der Waals surface area contributed by atoms with Crippen LogP contribution in [0.3, 0.4) is 0 Å². The van der Waals surface area contributed by atoms with Crippen molar-refractivity contribution in [1.82, 2.24) is 19.6 Å². The highest BCUT2D eigenvalue weighted by molar-refractivity contribution is 9.26. The molecule has 268 valence electrons. The minimum Gasteiger partial charge on any atom is -0.392 e. The summed E-state index contributed by atoms with van der Waals surface area (Å²) < 4.78 is 0. The van der Waals surface area contributed by atoms with Crippen LogP contribution in [0.2, 0.25) is 0 Å². The van der Waals surface area contributed by atoms with E-state index in [0.717, 1.165) is 32.4 Å². The Hall–Kier alpha value is -2.10. The third-order valence-electron chi connectivity index (χ3n) is 12.7. The van der Waals surface area contributed by atoms with Crippen molar-refractivity contribution in [2.24, 2.45) is 5.92 Å². The highest BCUT2D eigenvalue weighted by Crippen LogP contribution is 2.78. The van der Waals surface area contributed by atoms with Crippen molar-refractivity contribution in [3.8, 4) is 0 Å². The largest absolute Gasteiger partial charge is 0.392 e. The third kappa shape index (κ3) is 3.05. The summed E-state index contributed by atoms with van der Waals surface area (Å²) in [4.78, 5) is 59.2. The number of nitrogens with zero attached hydrogens (tertiary/aromatic N) is 4. The SMILES string of the molecule is CC(C)[C@@]12SSSS[C@]3(C(=O)N1C)[C@@H](O)[C@]1([C@]45c6ccccc6N[C@H]4N4C(=O)[C@]6(CO)SS[C@]4(C(=O)N6C)[C@H]5O)c4ccccc4N[C@@H]1N3C2=O. The molecular formula is C32H32N6O7S6. The molecule has 4 bridgehead atoms. The maximum absolute atomic E-state index is 15.5. The Morgan fingerprint density at radius 3 is 1.73 bits per heavy atom. The fourth-order valence-electron chi connectivity index (χ4n) is 10.5. The zero-order chi connectivity index (χ0) is 35.8. The van der Waals surface area contributed by atoms with Crippen molar-refractivity contribution in [3.63, 3.8) is 0 Å². The van der Waals surface area contributed by atoms with Crippen molar-refractivity contribution in [2.75, 3.05) is 31.3 Å². The fourth-order valence-corrected chi connectivity index (χ4v) is 22.3. The van der Waals surface area contributed by atoms with Crippen LogP contribution in [0, 0.1) is 5.92 Å². The Balaban J connectivity index is 1.34. The van der Waals surface area contributed by atoms with Crippen molar-refractivity contribution in [1.29, 1.82) is 0 Å². The van der Waals surface area contributed by atoms with Gasteiger partial charge < -0.3 is 35.8 Å². The Labute approximate surface area is 315 Å². The van der Waals surface area contributed by atoms with Gasteiger partial charge in [-0.2, -0.15) is 0 Å². The van der Waals surface area contributed by atoms with Gasteiger partial charge in [0.05, 0.1) is 17.4 Å². The highest BCUT2D eigenvalue weighted by atomic mass is 33.7. The molecule has 10 heterocycles. The van der Waals surface area contributed by atoms with Gasteiger partial charge in [-0.05, 0) is 92.0 Å². The number of fused-ring (bicyclic) bond motifs is 13. The monoisotopic (exact) mass is 804 g/mol.